The summed E-state index contributed by atoms with van der Waals surface area (Å²) in [5.41, 5.74) is 4.33. The number of rotatable bonds is 5. The fourth-order valence-electron chi connectivity index (χ4n) is 1.07. The van der Waals surface area contributed by atoms with E-state index in [0.29, 0.717) is 0 Å². The summed E-state index contributed by atoms with van der Waals surface area (Å²) in [5, 5.41) is 0. The van der Waals surface area contributed by atoms with E-state index in [2.05, 4.69) is 52.8 Å². The van der Waals surface area contributed by atoms with E-state index in [-0.39, 0.29) is 0 Å². The highest BCUT2D eigenvalue weighted by Crippen LogP contribution is 2.08. The van der Waals surface area contributed by atoms with Gasteiger partial charge in [0.15, 0.2) is 0 Å². The van der Waals surface area contributed by atoms with Crippen LogP contribution in [0.4, 0.5) is 0 Å². The van der Waals surface area contributed by atoms with E-state index in [9.17, 15) is 0 Å². The van der Waals surface area contributed by atoms with Gasteiger partial charge in [0.2, 0.25) is 0 Å². The monoisotopic (exact) mass is 192 g/mol. The van der Waals surface area contributed by atoms with Crippen LogP contribution in [0.2, 0.25) is 0 Å². The Hall–Kier alpha value is -0.780. The summed E-state index contributed by atoms with van der Waals surface area (Å²) in [6.07, 6.45) is 10.3. The molecule has 0 amide bonds. The lowest BCUT2D eigenvalue weighted by atomic mass is 10.1. The molecule has 0 radical (unpaired) electrons. The van der Waals surface area contributed by atoms with Crippen LogP contribution in [-0.4, -0.2) is 0 Å². The maximum absolute atomic E-state index is 2.30. The van der Waals surface area contributed by atoms with E-state index in [1.54, 1.807) is 0 Å². The average Bonchev–Trinajstić information content (AvgIpc) is 2.13. The Morgan fingerprint density at radius 1 is 0.929 bits per heavy atom. The topological polar surface area (TPSA) is 0 Å². The standard InChI is InChI=1S/C14H24/c1-6-13(4)10-11-14(5)9-7-8-12(2)3/h8,10-11H,6-7,9H2,1-5H3. The van der Waals surface area contributed by atoms with Crippen LogP contribution in [0.3, 0.4) is 0 Å². The second-order valence-corrected chi connectivity index (χ2v) is 4.20. The molecule has 0 aromatic carbocycles. The third kappa shape index (κ3) is 7.85. The summed E-state index contributed by atoms with van der Waals surface area (Å²) >= 11 is 0. The van der Waals surface area contributed by atoms with Crippen molar-refractivity contribution in [2.45, 2.75) is 53.9 Å². The number of allylic oxidation sites excluding steroid dienone is 6. The number of hydrogen-bond donors (Lipinski definition) is 0. The average molecular weight is 192 g/mol. The molecule has 0 spiro atoms. The summed E-state index contributed by atoms with van der Waals surface area (Å²) in [7, 11) is 0. The first-order chi connectivity index (χ1) is 6.56. The van der Waals surface area contributed by atoms with Gasteiger partial charge >= 0.3 is 0 Å². The van der Waals surface area contributed by atoms with E-state index >= 15 is 0 Å². The molecular formula is C14H24. The zero-order valence-corrected chi connectivity index (χ0v) is 10.4. The molecule has 0 heterocycles. The molecule has 0 saturated carbocycles. The second-order valence-electron chi connectivity index (χ2n) is 4.20. The molecule has 0 rings (SSSR count). The van der Waals surface area contributed by atoms with Crippen molar-refractivity contribution in [3.05, 3.63) is 34.9 Å². The normalized spacial score (nSPS) is 12.9. The Morgan fingerprint density at radius 2 is 1.50 bits per heavy atom. The third-order valence-corrected chi connectivity index (χ3v) is 2.30. The molecule has 0 N–H and O–H groups in total. The quantitative estimate of drug-likeness (QED) is 0.423. The largest absolute Gasteiger partial charge is 0.0856 e. The first kappa shape index (κ1) is 13.2. The lowest BCUT2D eigenvalue weighted by molar-refractivity contribution is 0.966. The van der Waals surface area contributed by atoms with Crippen molar-refractivity contribution in [3.8, 4) is 0 Å². The van der Waals surface area contributed by atoms with Crippen LogP contribution in [0.1, 0.15) is 53.9 Å². The van der Waals surface area contributed by atoms with Gasteiger partial charge in [-0.3, -0.25) is 0 Å². The van der Waals surface area contributed by atoms with Crippen molar-refractivity contribution < 1.29 is 0 Å². The molecule has 0 aromatic heterocycles. The molecule has 14 heavy (non-hydrogen) atoms. The van der Waals surface area contributed by atoms with Crippen molar-refractivity contribution in [1.82, 2.24) is 0 Å². The third-order valence-electron chi connectivity index (χ3n) is 2.30. The second kappa shape index (κ2) is 7.61. The van der Waals surface area contributed by atoms with Crippen molar-refractivity contribution in [1.29, 1.82) is 0 Å². The summed E-state index contributed by atoms with van der Waals surface area (Å²) in [4.78, 5) is 0. The minimum absolute atomic E-state index is 1.15. The SMILES string of the molecule is CCC(C)=CC=C(C)CCC=C(C)C. The molecule has 0 heteroatoms. The number of hydrogen-bond acceptors (Lipinski definition) is 0. The zero-order chi connectivity index (χ0) is 11.0. The van der Waals surface area contributed by atoms with Crippen LogP contribution in [0.25, 0.3) is 0 Å². The molecule has 0 nitrogen and oxygen atoms in total. The van der Waals surface area contributed by atoms with Crippen LogP contribution >= 0.6 is 0 Å². The highest BCUT2D eigenvalue weighted by Gasteiger charge is 1.87. The van der Waals surface area contributed by atoms with Gasteiger partial charge in [-0.25, -0.2) is 0 Å². The predicted octanol–water partition coefficient (Wildman–Crippen LogP) is 5.04. The molecule has 80 valence electrons. The molecule has 0 aliphatic carbocycles. The van der Waals surface area contributed by atoms with Crippen LogP contribution in [0.15, 0.2) is 34.9 Å². The minimum Gasteiger partial charge on any atom is -0.0856 e. The molecule has 0 aliphatic heterocycles. The van der Waals surface area contributed by atoms with Gasteiger partial charge in [0, 0.05) is 0 Å². The highest BCUT2D eigenvalue weighted by molar-refractivity contribution is 5.15. The van der Waals surface area contributed by atoms with E-state index in [4.69, 9.17) is 0 Å². The van der Waals surface area contributed by atoms with Crippen LogP contribution in [0, 0.1) is 0 Å². The smallest absolute Gasteiger partial charge is 0.0285 e. The lowest BCUT2D eigenvalue weighted by Gasteiger charge is -1.97. The summed E-state index contributed by atoms with van der Waals surface area (Å²) in [6, 6.07) is 0. The molecule has 0 saturated heterocycles. The zero-order valence-electron chi connectivity index (χ0n) is 10.4. The molecule has 0 atom stereocenters. The van der Waals surface area contributed by atoms with Crippen molar-refractivity contribution in [2.75, 3.05) is 0 Å². The lowest BCUT2D eigenvalue weighted by Crippen LogP contribution is -1.77. The Kier molecular flexibility index (Phi) is 7.18. The van der Waals surface area contributed by atoms with Crippen LogP contribution in [0.5, 0.6) is 0 Å². The Balaban J connectivity index is 3.96. The summed E-state index contributed by atoms with van der Waals surface area (Å²) < 4.78 is 0. The maximum Gasteiger partial charge on any atom is -0.0285 e. The van der Waals surface area contributed by atoms with Gasteiger partial charge in [0.25, 0.3) is 0 Å². The Morgan fingerprint density at radius 3 is 2.00 bits per heavy atom. The summed E-state index contributed by atoms with van der Waals surface area (Å²) in [5.74, 6) is 0. The van der Waals surface area contributed by atoms with Gasteiger partial charge in [0.1, 0.15) is 0 Å². The fourth-order valence-corrected chi connectivity index (χ4v) is 1.07. The van der Waals surface area contributed by atoms with E-state index in [0.717, 1.165) is 6.42 Å². The molecule has 0 fully saturated rings. The highest BCUT2D eigenvalue weighted by atomic mass is 13.9. The van der Waals surface area contributed by atoms with Gasteiger partial charge < -0.3 is 0 Å². The van der Waals surface area contributed by atoms with Gasteiger partial charge in [-0.2, -0.15) is 0 Å². The molecule has 0 aliphatic rings. The minimum atomic E-state index is 1.15. The predicted molar refractivity (Wildman–Crippen MR) is 66.5 cm³/mol. The molecule has 0 aromatic rings. The van der Waals surface area contributed by atoms with Crippen LogP contribution < -0.4 is 0 Å². The van der Waals surface area contributed by atoms with Crippen molar-refractivity contribution in [2.24, 2.45) is 0 Å². The molecule has 0 bridgehead atoms. The Labute approximate surface area is 89.4 Å². The molecule has 0 unspecified atom stereocenters. The van der Waals surface area contributed by atoms with Crippen molar-refractivity contribution >= 4 is 0 Å². The fraction of sp³-hybridized carbons (Fsp3) is 0.571. The van der Waals surface area contributed by atoms with Gasteiger partial charge in [-0.15, -0.1) is 0 Å². The van der Waals surface area contributed by atoms with E-state index in [1.807, 2.05) is 0 Å². The maximum atomic E-state index is 2.30. The Bertz CT molecular complexity index is 235. The first-order valence-corrected chi connectivity index (χ1v) is 5.52. The van der Waals surface area contributed by atoms with Gasteiger partial charge in [-0.05, 0) is 47.0 Å². The van der Waals surface area contributed by atoms with Crippen molar-refractivity contribution in [3.63, 3.8) is 0 Å². The first-order valence-electron chi connectivity index (χ1n) is 5.52. The van der Waals surface area contributed by atoms with Crippen LogP contribution in [-0.2, 0) is 0 Å². The summed E-state index contributed by atoms with van der Waals surface area (Å²) in [6.45, 7) is 10.9. The van der Waals surface area contributed by atoms with Gasteiger partial charge in [-0.1, -0.05) is 41.9 Å². The van der Waals surface area contributed by atoms with Gasteiger partial charge in [0.05, 0.1) is 0 Å². The van der Waals surface area contributed by atoms with E-state index in [1.165, 1.54) is 29.6 Å². The molecular weight excluding hydrogens is 168 g/mol. The van der Waals surface area contributed by atoms with E-state index < -0.39 is 0 Å².